The second-order valence-electron chi connectivity index (χ2n) is 4.88. The van der Waals surface area contributed by atoms with Crippen LogP contribution in [0.25, 0.3) is 0 Å². The predicted octanol–water partition coefficient (Wildman–Crippen LogP) is 0.546. The predicted molar refractivity (Wildman–Crippen MR) is 77.5 cm³/mol. The summed E-state index contributed by atoms with van der Waals surface area (Å²) in [6.45, 7) is 2.25. The first-order valence-electron chi connectivity index (χ1n) is 6.56. The minimum atomic E-state index is -0.0466. The van der Waals surface area contributed by atoms with Crippen LogP contribution in [0.5, 0.6) is 11.5 Å². The Bertz CT molecular complexity index is 452. The maximum Gasteiger partial charge on any atom is 0.238 e. The molecule has 1 aromatic rings. The Balaban J connectivity index is 1.95. The summed E-state index contributed by atoms with van der Waals surface area (Å²) >= 11 is 0. The Hall–Kier alpha value is -1.79. The summed E-state index contributed by atoms with van der Waals surface area (Å²) in [5, 5.41) is 6.05. The molecule has 1 amide bonds. The maximum absolute atomic E-state index is 12.0. The molecule has 0 bridgehead atoms. The normalized spacial score (nSPS) is 14.8. The van der Waals surface area contributed by atoms with Crippen molar-refractivity contribution in [2.45, 2.75) is 6.04 Å². The number of amides is 1. The van der Waals surface area contributed by atoms with Gasteiger partial charge in [-0.15, -0.1) is 0 Å². The number of nitrogens with zero attached hydrogens (tertiary/aromatic N) is 1. The molecule has 0 spiro atoms. The van der Waals surface area contributed by atoms with Gasteiger partial charge in [0.1, 0.15) is 11.5 Å². The van der Waals surface area contributed by atoms with Gasteiger partial charge in [0.25, 0.3) is 0 Å². The zero-order chi connectivity index (χ0) is 14.5. The fourth-order valence-corrected chi connectivity index (χ4v) is 2.02. The van der Waals surface area contributed by atoms with Crippen LogP contribution in [-0.2, 0) is 4.79 Å². The number of hydrogen-bond donors (Lipinski definition) is 2. The van der Waals surface area contributed by atoms with E-state index in [0.29, 0.717) is 29.8 Å². The van der Waals surface area contributed by atoms with E-state index in [1.54, 1.807) is 32.4 Å². The van der Waals surface area contributed by atoms with Crippen LogP contribution in [0, 0.1) is 0 Å². The second-order valence-corrected chi connectivity index (χ2v) is 4.88. The zero-order valence-corrected chi connectivity index (χ0v) is 12.1. The van der Waals surface area contributed by atoms with Gasteiger partial charge in [0.15, 0.2) is 0 Å². The van der Waals surface area contributed by atoms with Gasteiger partial charge >= 0.3 is 0 Å². The summed E-state index contributed by atoms with van der Waals surface area (Å²) in [4.78, 5) is 14.1. The number of ether oxygens (including phenoxy) is 2. The molecule has 1 aliphatic heterocycles. The highest BCUT2D eigenvalue weighted by Gasteiger charge is 2.22. The van der Waals surface area contributed by atoms with E-state index in [1.165, 1.54) is 0 Å². The molecule has 1 heterocycles. The van der Waals surface area contributed by atoms with Crippen LogP contribution in [0.1, 0.15) is 0 Å². The van der Waals surface area contributed by atoms with E-state index >= 15 is 0 Å². The molecule has 0 unspecified atom stereocenters. The highest BCUT2D eigenvalue weighted by Crippen LogP contribution is 2.25. The first-order valence-corrected chi connectivity index (χ1v) is 6.56. The second kappa shape index (κ2) is 6.58. The van der Waals surface area contributed by atoms with Crippen LogP contribution in [0.3, 0.4) is 0 Å². The summed E-state index contributed by atoms with van der Waals surface area (Å²) in [7, 11) is 5.12. The van der Waals surface area contributed by atoms with Crippen LogP contribution < -0.4 is 20.1 Å². The van der Waals surface area contributed by atoms with Gasteiger partial charge in [-0.3, -0.25) is 9.69 Å². The molecule has 1 fully saturated rings. The topological polar surface area (TPSA) is 62.8 Å². The van der Waals surface area contributed by atoms with E-state index in [4.69, 9.17) is 9.47 Å². The molecule has 110 valence electrons. The number of hydrogen-bond acceptors (Lipinski definition) is 5. The van der Waals surface area contributed by atoms with Gasteiger partial charge in [-0.1, -0.05) is 0 Å². The molecule has 1 saturated heterocycles. The first kappa shape index (κ1) is 14.6. The molecule has 1 aliphatic rings. The monoisotopic (exact) mass is 279 g/mol. The number of rotatable bonds is 6. The van der Waals surface area contributed by atoms with E-state index in [9.17, 15) is 4.79 Å². The van der Waals surface area contributed by atoms with E-state index in [1.807, 2.05) is 11.9 Å². The Labute approximate surface area is 119 Å². The molecule has 1 aromatic carbocycles. The lowest BCUT2D eigenvalue weighted by Crippen LogP contribution is -2.57. The van der Waals surface area contributed by atoms with Crippen molar-refractivity contribution in [2.24, 2.45) is 0 Å². The fraction of sp³-hybridized carbons (Fsp3) is 0.500. The van der Waals surface area contributed by atoms with E-state index < -0.39 is 0 Å². The third kappa shape index (κ3) is 3.61. The quantitative estimate of drug-likeness (QED) is 0.796. The van der Waals surface area contributed by atoms with Gasteiger partial charge < -0.3 is 20.1 Å². The van der Waals surface area contributed by atoms with Crippen molar-refractivity contribution in [3.8, 4) is 11.5 Å². The highest BCUT2D eigenvalue weighted by molar-refractivity contribution is 5.92. The number of anilines is 1. The Morgan fingerprint density at radius 1 is 1.30 bits per heavy atom. The van der Waals surface area contributed by atoms with E-state index in [2.05, 4.69) is 10.6 Å². The molecule has 0 aromatic heterocycles. The van der Waals surface area contributed by atoms with Crippen LogP contribution >= 0.6 is 0 Å². The summed E-state index contributed by atoms with van der Waals surface area (Å²) < 4.78 is 10.3. The van der Waals surface area contributed by atoms with Crippen molar-refractivity contribution >= 4 is 11.6 Å². The molecule has 0 radical (unpaired) electrons. The van der Waals surface area contributed by atoms with Crippen molar-refractivity contribution in [1.82, 2.24) is 10.2 Å². The lowest BCUT2D eigenvalue weighted by molar-refractivity contribution is -0.117. The average molecular weight is 279 g/mol. The number of carbonyl (C=O) groups is 1. The minimum absolute atomic E-state index is 0.0466. The van der Waals surface area contributed by atoms with Crippen molar-refractivity contribution < 1.29 is 14.3 Å². The zero-order valence-electron chi connectivity index (χ0n) is 12.1. The van der Waals surface area contributed by atoms with Crippen LogP contribution in [0.2, 0.25) is 0 Å². The highest BCUT2D eigenvalue weighted by atomic mass is 16.5. The number of nitrogens with one attached hydrogen (secondary N) is 2. The summed E-state index contributed by atoms with van der Waals surface area (Å²) in [6, 6.07) is 5.75. The smallest absolute Gasteiger partial charge is 0.238 e. The molecule has 0 saturated carbocycles. The minimum Gasteiger partial charge on any atom is -0.497 e. The Morgan fingerprint density at radius 2 is 1.90 bits per heavy atom. The van der Waals surface area contributed by atoms with Gasteiger partial charge in [-0.25, -0.2) is 0 Å². The first-order chi connectivity index (χ1) is 9.62. The van der Waals surface area contributed by atoms with Gasteiger partial charge in [0.05, 0.1) is 20.8 Å². The van der Waals surface area contributed by atoms with Gasteiger partial charge in [-0.05, 0) is 7.05 Å². The van der Waals surface area contributed by atoms with E-state index in [0.717, 1.165) is 13.1 Å². The Morgan fingerprint density at radius 3 is 2.35 bits per heavy atom. The molecular formula is C14H21N3O3. The third-order valence-electron chi connectivity index (χ3n) is 3.41. The number of methoxy groups -OCH3 is 2. The number of carbonyl (C=O) groups excluding carboxylic acids is 1. The summed E-state index contributed by atoms with van der Waals surface area (Å²) in [5.74, 6) is 1.25. The van der Waals surface area contributed by atoms with Crippen LogP contribution in [0.4, 0.5) is 5.69 Å². The standard InChI is InChI=1S/C14H21N3O3/c1-17(11-7-15-8-11)9-14(18)16-10-4-12(19-2)6-13(5-10)20-3/h4-6,11,15H,7-9H2,1-3H3,(H,16,18). The fourth-order valence-electron chi connectivity index (χ4n) is 2.02. The lowest BCUT2D eigenvalue weighted by Gasteiger charge is -2.35. The van der Waals surface area contributed by atoms with E-state index in [-0.39, 0.29) is 5.91 Å². The molecule has 20 heavy (non-hydrogen) atoms. The number of likely N-dealkylation sites (N-methyl/N-ethyl adjacent to an activating group) is 1. The maximum atomic E-state index is 12.0. The van der Waals surface area contributed by atoms with Gasteiger partial charge in [0, 0.05) is 43.0 Å². The lowest BCUT2D eigenvalue weighted by atomic mass is 10.1. The average Bonchev–Trinajstić information content (AvgIpc) is 2.35. The SMILES string of the molecule is COc1cc(NC(=O)CN(C)C2CNC2)cc(OC)c1. The summed E-state index contributed by atoms with van der Waals surface area (Å²) in [6.07, 6.45) is 0. The van der Waals surface area contributed by atoms with Crippen molar-refractivity contribution in [1.29, 1.82) is 0 Å². The molecular weight excluding hydrogens is 258 g/mol. The molecule has 0 atom stereocenters. The van der Waals surface area contributed by atoms with Crippen molar-refractivity contribution in [3.63, 3.8) is 0 Å². The van der Waals surface area contributed by atoms with Gasteiger partial charge in [0.2, 0.25) is 5.91 Å². The summed E-state index contributed by atoms with van der Waals surface area (Å²) in [5.41, 5.74) is 0.673. The van der Waals surface area contributed by atoms with Gasteiger partial charge in [-0.2, -0.15) is 0 Å². The molecule has 6 nitrogen and oxygen atoms in total. The molecule has 2 rings (SSSR count). The van der Waals surface area contributed by atoms with Crippen molar-refractivity contribution in [2.75, 3.05) is 46.2 Å². The van der Waals surface area contributed by atoms with Crippen LogP contribution in [-0.4, -0.2) is 57.8 Å². The largest absolute Gasteiger partial charge is 0.497 e. The molecule has 2 N–H and O–H groups in total. The van der Waals surface area contributed by atoms with Crippen molar-refractivity contribution in [3.05, 3.63) is 18.2 Å². The van der Waals surface area contributed by atoms with Crippen LogP contribution in [0.15, 0.2) is 18.2 Å². The number of benzene rings is 1. The third-order valence-corrected chi connectivity index (χ3v) is 3.41. The Kier molecular flexibility index (Phi) is 4.81. The molecule has 0 aliphatic carbocycles. The molecule has 6 heteroatoms.